The molecule has 1 aromatic heterocycles. The molecular weight excluding hydrogens is 507 g/mol. The van der Waals surface area contributed by atoms with E-state index in [4.69, 9.17) is 0 Å². The summed E-state index contributed by atoms with van der Waals surface area (Å²) < 4.78 is 28.9. The van der Waals surface area contributed by atoms with E-state index in [1.165, 1.54) is 36.4 Å². The molecule has 2 atom stereocenters. The van der Waals surface area contributed by atoms with E-state index in [-0.39, 0.29) is 67.1 Å². The topological polar surface area (TPSA) is 128 Å². The number of nitrogens with one attached hydrogen (secondary N) is 1. The van der Waals surface area contributed by atoms with Gasteiger partial charge in [0.25, 0.3) is 5.91 Å². The minimum Gasteiger partial charge on any atom is -0.550 e. The Morgan fingerprint density at radius 1 is 1.05 bits per heavy atom. The molecule has 0 unspecified atom stereocenters. The molecular formula is C27H30F2N3NaO5. The predicted octanol–water partition coefficient (Wildman–Crippen LogP) is -0.472. The number of aromatic nitrogens is 2. The van der Waals surface area contributed by atoms with E-state index in [1.54, 1.807) is 16.7 Å². The predicted molar refractivity (Wildman–Crippen MR) is 130 cm³/mol. The number of carboxylic acid groups (broad SMARTS) is 1. The molecule has 0 aliphatic heterocycles. The van der Waals surface area contributed by atoms with Crippen LogP contribution in [-0.2, 0) is 17.9 Å². The molecule has 0 saturated heterocycles. The normalized spacial score (nSPS) is 12.6. The van der Waals surface area contributed by atoms with Crippen LogP contribution < -0.4 is 40.0 Å². The molecule has 0 aliphatic rings. The summed E-state index contributed by atoms with van der Waals surface area (Å²) >= 11 is 0. The van der Waals surface area contributed by atoms with Crippen molar-refractivity contribution in [2.45, 2.75) is 64.3 Å². The van der Waals surface area contributed by atoms with Crippen molar-refractivity contribution in [2.75, 3.05) is 0 Å². The Labute approximate surface area is 242 Å². The Morgan fingerprint density at radius 3 is 2.34 bits per heavy atom. The number of aliphatic hydroxyl groups excluding tert-OH is 2. The van der Waals surface area contributed by atoms with Gasteiger partial charge in [-0.25, -0.2) is 13.8 Å². The Balaban J connectivity index is 0.00000507. The van der Waals surface area contributed by atoms with E-state index in [0.717, 1.165) is 0 Å². The molecule has 0 spiro atoms. The number of imidazole rings is 1. The summed E-state index contributed by atoms with van der Waals surface area (Å²) in [6, 6.07) is 11.5. The zero-order valence-corrected chi connectivity index (χ0v) is 23.7. The van der Waals surface area contributed by atoms with Crippen LogP contribution in [0.3, 0.4) is 0 Å². The number of carboxylic acids is 1. The maximum Gasteiger partial charge on any atom is 1.00 e. The minimum absolute atomic E-state index is 0. The van der Waals surface area contributed by atoms with Gasteiger partial charge in [0.1, 0.15) is 23.2 Å². The fourth-order valence-corrected chi connectivity index (χ4v) is 4.16. The minimum atomic E-state index is -1.41. The third-order valence-electron chi connectivity index (χ3n) is 5.85. The van der Waals surface area contributed by atoms with Gasteiger partial charge >= 0.3 is 29.6 Å². The second kappa shape index (κ2) is 14.5. The number of hydrogen-bond acceptors (Lipinski definition) is 6. The van der Waals surface area contributed by atoms with Gasteiger partial charge in [-0.1, -0.05) is 26.0 Å². The van der Waals surface area contributed by atoms with Crippen molar-refractivity contribution < 1.29 is 63.2 Å². The van der Waals surface area contributed by atoms with Gasteiger partial charge in [0.05, 0.1) is 17.9 Å². The van der Waals surface area contributed by atoms with E-state index >= 15 is 0 Å². The number of hydrogen-bond donors (Lipinski definition) is 3. The molecule has 3 N–H and O–H groups in total. The molecule has 2 aromatic carbocycles. The Morgan fingerprint density at radius 2 is 1.74 bits per heavy atom. The molecule has 3 aromatic rings. The summed E-state index contributed by atoms with van der Waals surface area (Å²) in [6.07, 6.45) is -2.89. The van der Waals surface area contributed by atoms with Crippen molar-refractivity contribution in [1.29, 1.82) is 0 Å². The van der Waals surface area contributed by atoms with Crippen LogP contribution in [-0.4, -0.2) is 43.8 Å². The average molecular weight is 538 g/mol. The molecule has 11 heteroatoms. The van der Waals surface area contributed by atoms with Crippen LogP contribution in [0.25, 0.3) is 11.4 Å². The van der Waals surface area contributed by atoms with E-state index < -0.39 is 42.1 Å². The van der Waals surface area contributed by atoms with Crippen molar-refractivity contribution in [2.24, 2.45) is 0 Å². The van der Waals surface area contributed by atoms with Gasteiger partial charge in [0.15, 0.2) is 0 Å². The van der Waals surface area contributed by atoms with Crippen LogP contribution in [0.2, 0.25) is 0 Å². The molecule has 0 fully saturated rings. The van der Waals surface area contributed by atoms with Crippen molar-refractivity contribution in [1.82, 2.24) is 14.9 Å². The standard InChI is InChI=1S/C27H31F2N3O5.Na/c1-16(2)25-24(27(37)30-15-17-4-3-5-20(29)12-17)31-26(18-6-8-19(28)9-7-18)32(25)11-10-21(33)13-22(34)14-23(35)36;/h3-9,12,16,21-22,33-34H,10-11,13-15H2,1-2H3,(H,30,37)(H,35,36);/q;+1/p-1/t21-,22-;/m1./s1. The van der Waals surface area contributed by atoms with Gasteiger partial charge in [-0.2, -0.15) is 0 Å². The number of carbonyl (C=O) groups excluding carboxylic acids is 2. The summed E-state index contributed by atoms with van der Waals surface area (Å²) in [5.74, 6) is -2.51. The van der Waals surface area contributed by atoms with Crippen LogP contribution in [0.1, 0.15) is 60.8 Å². The number of rotatable bonds is 12. The summed E-state index contributed by atoms with van der Waals surface area (Å²) in [7, 11) is 0. The molecule has 198 valence electrons. The molecule has 1 amide bonds. The first-order valence-electron chi connectivity index (χ1n) is 12.0. The number of amides is 1. The molecule has 8 nitrogen and oxygen atoms in total. The first kappa shape index (κ1) is 31.6. The average Bonchev–Trinajstić information content (AvgIpc) is 3.21. The van der Waals surface area contributed by atoms with Gasteiger partial charge in [0.2, 0.25) is 0 Å². The number of nitrogens with zero attached hydrogens (tertiary/aromatic N) is 2. The second-order valence-electron chi connectivity index (χ2n) is 9.20. The van der Waals surface area contributed by atoms with Gasteiger partial charge in [-0.15, -0.1) is 0 Å². The molecule has 0 saturated carbocycles. The second-order valence-corrected chi connectivity index (χ2v) is 9.20. The van der Waals surface area contributed by atoms with Crippen molar-refractivity contribution in [3.63, 3.8) is 0 Å². The number of aliphatic hydroxyl groups is 2. The Kier molecular flexibility index (Phi) is 12.1. The Bertz CT molecular complexity index is 1230. The quantitative estimate of drug-likeness (QED) is 0.268. The van der Waals surface area contributed by atoms with Crippen LogP contribution in [0, 0.1) is 11.6 Å². The van der Waals surface area contributed by atoms with Gasteiger partial charge < -0.3 is 30.0 Å². The fourth-order valence-electron chi connectivity index (χ4n) is 4.16. The van der Waals surface area contributed by atoms with E-state index in [2.05, 4.69) is 10.3 Å². The molecule has 38 heavy (non-hydrogen) atoms. The van der Waals surface area contributed by atoms with E-state index in [0.29, 0.717) is 22.6 Å². The summed E-state index contributed by atoms with van der Waals surface area (Å²) in [4.78, 5) is 28.5. The van der Waals surface area contributed by atoms with Crippen molar-refractivity contribution >= 4 is 11.9 Å². The van der Waals surface area contributed by atoms with Crippen LogP contribution >= 0.6 is 0 Å². The first-order valence-corrected chi connectivity index (χ1v) is 12.0. The SMILES string of the molecule is CC(C)c1c(C(=O)NCc2cccc(F)c2)nc(-c2ccc(F)cc2)n1CC[C@@H](O)C[C@@H](O)CC(=O)[O-].[Na+]. The molecule has 3 rings (SSSR count). The number of aliphatic carboxylic acids is 1. The third-order valence-corrected chi connectivity index (χ3v) is 5.85. The fraction of sp³-hybridized carbons (Fsp3) is 0.370. The number of halogens is 2. The van der Waals surface area contributed by atoms with Crippen LogP contribution in [0.4, 0.5) is 8.78 Å². The third kappa shape index (κ3) is 8.71. The molecule has 0 bridgehead atoms. The van der Waals surface area contributed by atoms with Gasteiger partial charge in [0, 0.05) is 31.0 Å². The smallest absolute Gasteiger partial charge is 0.550 e. The number of carbonyl (C=O) groups is 2. The molecule has 0 aliphatic carbocycles. The monoisotopic (exact) mass is 537 g/mol. The summed E-state index contributed by atoms with van der Waals surface area (Å²) in [5, 5.41) is 33.7. The zero-order valence-electron chi connectivity index (χ0n) is 21.7. The number of benzene rings is 2. The van der Waals surface area contributed by atoms with E-state index in [9.17, 15) is 33.7 Å². The van der Waals surface area contributed by atoms with Gasteiger partial charge in [-0.3, -0.25) is 4.79 Å². The van der Waals surface area contributed by atoms with Crippen molar-refractivity contribution in [3.8, 4) is 11.4 Å². The largest absolute Gasteiger partial charge is 1.00 e. The van der Waals surface area contributed by atoms with E-state index in [1.807, 2.05) is 13.8 Å². The van der Waals surface area contributed by atoms with Crippen molar-refractivity contribution in [3.05, 3.63) is 77.1 Å². The maximum absolute atomic E-state index is 13.6. The summed E-state index contributed by atoms with van der Waals surface area (Å²) in [6.45, 7) is 4.04. The molecule has 1 heterocycles. The molecule has 0 radical (unpaired) electrons. The van der Waals surface area contributed by atoms with Crippen LogP contribution in [0.5, 0.6) is 0 Å². The zero-order chi connectivity index (χ0) is 27.1. The maximum atomic E-state index is 13.6. The first-order chi connectivity index (χ1) is 17.5. The van der Waals surface area contributed by atoms with Crippen LogP contribution in [0.15, 0.2) is 48.5 Å². The Hall–Kier alpha value is -2.63. The summed E-state index contributed by atoms with van der Waals surface area (Å²) in [5.41, 5.74) is 1.87. The van der Waals surface area contributed by atoms with Gasteiger partial charge in [-0.05, 0) is 60.7 Å².